The highest BCUT2D eigenvalue weighted by molar-refractivity contribution is 5.62. The largest absolute Gasteiger partial charge is 0.395 e. The standard InChI is InChI=1S/C17H22N4O/c1-14-2-4-15(5-3-14)16-12-18-17(19-13-16)21-8-6-20(7-9-21)10-11-22/h2-5,12-13,22H,6-11H2,1H3. The Hall–Kier alpha value is -1.98. The van der Waals surface area contributed by atoms with Crippen LogP contribution in [0.25, 0.3) is 11.1 Å². The number of hydrogen-bond donors (Lipinski definition) is 1. The minimum atomic E-state index is 0.224. The van der Waals surface area contributed by atoms with Crippen LogP contribution in [0.2, 0.25) is 0 Å². The smallest absolute Gasteiger partial charge is 0.225 e. The summed E-state index contributed by atoms with van der Waals surface area (Å²) < 4.78 is 0. The minimum absolute atomic E-state index is 0.224. The predicted octanol–water partition coefficient (Wildman–Crippen LogP) is 1.57. The summed E-state index contributed by atoms with van der Waals surface area (Å²) in [6.45, 7) is 6.77. The molecule has 3 rings (SSSR count). The Morgan fingerprint density at radius 2 is 1.59 bits per heavy atom. The topological polar surface area (TPSA) is 52.5 Å². The van der Waals surface area contributed by atoms with E-state index in [9.17, 15) is 0 Å². The lowest BCUT2D eigenvalue weighted by atomic mass is 10.1. The molecule has 116 valence electrons. The summed E-state index contributed by atoms with van der Waals surface area (Å²) in [5.74, 6) is 0.791. The monoisotopic (exact) mass is 298 g/mol. The zero-order valence-electron chi connectivity index (χ0n) is 12.9. The molecule has 0 saturated carbocycles. The number of aliphatic hydroxyl groups is 1. The van der Waals surface area contributed by atoms with Crippen LogP contribution in [0.4, 0.5) is 5.95 Å². The van der Waals surface area contributed by atoms with E-state index in [1.54, 1.807) is 0 Å². The van der Waals surface area contributed by atoms with E-state index in [4.69, 9.17) is 5.11 Å². The van der Waals surface area contributed by atoms with E-state index in [1.807, 2.05) is 12.4 Å². The van der Waals surface area contributed by atoms with E-state index < -0.39 is 0 Å². The van der Waals surface area contributed by atoms with Crippen molar-refractivity contribution >= 4 is 5.95 Å². The molecule has 1 aromatic carbocycles. The first-order chi connectivity index (χ1) is 10.8. The van der Waals surface area contributed by atoms with Gasteiger partial charge in [0.25, 0.3) is 0 Å². The number of piperazine rings is 1. The van der Waals surface area contributed by atoms with Crippen molar-refractivity contribution in [2.24, 2.45) is 0 Å². The highest BCUT2D eigenvalue weighted by Gasteiger charge is 2.18. The molecule has 0 unspecified atom stereocenters. The minimum Gasteiger partial charge on any atom is -0.395 e. The predicted molar refractivity (Wildman–Crippen MR) is 87.9 cm³/mol. The highest BCUT2D eigenvalue weighted by Crippen LogP contribution is 2.20. The van der Waals surface area contributed by atoms with Crippen molar-refractivity contribution in [3.63, 3.8) is 0 Å². The lowest BCUT2D eigenvalue weighted by Gasteiger charge is -2.34. The first-order valence-corrected chi connectivity index (χ1v) is 7.73. The van der Waals surface area contributed by atoms with Gasteiger partial charge in [-0.1, -0.05) is 29.8 Å². The summed E-state index contributed by atoms with van der Waals surface area (Å²) in [6.07, 6.45) is 3.79. The van der Waals surface area contributed by atoms with E-state index in [0.717, 1.165) is 49.8 Å². The van der Waals surface area contributed by atoms with E-state index >= 15 is 0 Å². The molecule has 0 aliphatic carbocycles. The molecule has 1 N–H and O–H groups in total. The molecule has 0 spiro atoms. The zero-order valence-corrected chi connectivity index (χ0v) is 12.9. The highest BCUT2D eigenvalue weighted by atomic mass is 16.3. The Kier molecular flexibility index (Phi) is 4.65. The fourth-order valence-corrected chi connectivity index (χ4v) is 2.69. The van der Waals surface area contributed by atoms with Crippen molar-refractivity contribution < 1.29 is 5.11 Å². The number of aromatic nitrogens is 2. The van der Waals surface area contributed by atoms with Gasteiger partial charge in [0.05, 0.1) is 6.61 Å². The Morgan fingerprint density at radius 1 is 0.955 bits per heavy atom. The van der Waals surface area contributed by atoms with Gasteiger partial charge in [-0.3, -0.25) is 4.90 Å². The van der Waals surface area contributed by atoms with Crippen LogP contribution >= 0.6 is 0 Å². The number of rotatable bonds is 4. The molecule has 0 bridgehead atoms. The van der Waals surface area contributed by atoms with Gasteiger partial charge >= 0.3 is 0 Å². The van der Waals surface area contributed by atoms with Crippen LogP contribution in [-0.4, -0.2) is 59.3 Å². The number of nitrogens with zero attached hydrogens (tertiary/aromatic N) is 4. The van der Waals surface area contributed by atoms with E-state index in [2.05, 4.69) is 51.0 Å². The maximum Gasteiger partial charge on any atom is 0.225 e. The molecular formula is C17H22N4O. The van der Waals surface area contributed by atoms with Crippen molar-refractivity contribution in [1.82, 2.24) is 14.9 Å². The van der Waals surface area contributed by atoms with Crippen molar-refractivity contribution in [2.75, 3.05) is 44.2 Å². The number of hydrogen-bond acceptors (Lipinski definition) is 5. The van der Waals surface area contributed by atoms with Crippen LogP contribution in [0.1, 0.15) is 5.56 Å². The molecule has 5 nitrogen and oxygen atoms in total. The number of anilines is 1. The SMILES string of the molecule is Cc1ccc(-c2cnc(N3CCN(CCO)CC3)nc2)cc1. The zero-order chi connectivity index (χ0) is 15.4. The Morgan fingerprint density at radius 3 is 2.18 bits per heavy atom. The van der Waals surface area contributed by atoms with Gasteiger partial charge in [0.1, 0.15) is 0 Å². The van der Waals surface area contributed by atoms with Crippen molar-refractivity contribution in [3.8, 4) is 11.1 Å². The second-order valence-corrected chi connectivity index (χ2v) is 5.69. The van der Waals surface area contributed by atoms with Gasteiger partial charge in [-0.05, 0) is 12.5 Å². The lowest BCUT2D eigenvalue weighted by molar-refractivity contribution is 0.188. The second-order valence-electron chi connectivity index (χ2n) is 5.69. The molecule has 22 heavy (non-hydrogen) atoms. The summed E-state index contributed by atoms with van der Waals surface area (Å²) >= 11 is 0. The molecule has 1 aromatic heterocycles. The molecule has 2 aromatic rings. The Labute approximate surface area is 131 Å². The molecular weight excluding hydrogens is 276 g/mol. The van der Waals surface area contributed by atoms with Crippen molar-refractivity contribution in [1.29, 1.82) is 0 Å². The molecule has 1 aliphatic heterocycles. The van der Waals surface area contributed by atoms with Gasteiger partial charge in [0.2, 0.25) is 5.95 Å². The van der Waals surface area contributed by atoms with Crippen LogP contribution < -0.4 is 4.90 Å². The maximum atomic E-state index is 8.98. The molecule has 0 radical (unpaired) electrons. The number of β-amino-alcohol motifs (C(OH)–C–C–N with tert-alkyl or cyclic N) is 1. The summed E-state index contributed by atoms with van der Waals surface area (Å²) in [5, 5.41) is 8.98. The average molecular weight is 298 g/mol. The molecule has 1 saturated heterocycles. The quantitative estimate of drug-likeness (QED) is 0.928. The van der Waals surface area contributed by atoms with Gasteiger partial charge in [-0.15, -0.1) is 0 Å². The maximum absolute atomic E-state index is 8.98. The van der Waals surface area contributed by atoms with E-state index in [0.29, 0.717) is 0 Å². The Bertz CT molecular complexity index is 589. The van der Waals surface area contributed by atoms with Crippen LogP contribution in [0, 0.1) is 6.92 Å². The van der Waals surface area contributed by atoms with Crippen molar-refractivity contribution in [2.45, 2.75) is 6.92 Å². The lowest BCUT2D eigenvalue weighted by Crippen LogP contribution is -2.47. The summed E-state index contributed by atoms with van der Waals surface area (Å²) in [6, 6.07) is 8.40. The fraction of sp³-hybridized carbons (Fsp3) is 0.412. The summed E-state index contributed by atoms with van der Waals surface area (Å²) in [4.78, 5) is 13.5. The van der Waals surface area contributed by atoms with Crippen molar-refractivity contribution in [3.05, 3.63) is 42.2 Å². The van der Waals surface area contributed by atoms with Gasteiger partial charge in [-0.25, -0.2) is 9.97 Å². The van der Waals surface area contributed by atoms with E-state index in [1.165, 1.54) is 5.56 Å². The molecule has 0 atom stereocenters. The molecule has 0 amide bonds. The normalized spacial score (nSPS) is 16.0. The van der Waals surface area contributed by atoms with Gasteiger partial charge in [-0.2, -0.15) is 0 Å². The average Bonchev–Trinajstić information content (AvgIpc) is 2.57. The molecule has 1 aliphatic rings. The molecule has 5 heteroatoms. The fourth-order valence-electron chi connectivity index (χ4n) is 2.69. The first-order valence-electron chi connectivity index (χ1n) is 7.73. The van der Waals surface area contributed by atoms with Crippen LogP contribution in [-0.2, 0) is 0 Å². The van der Waals surface area contributed by atoms with Crippen LogP contribution in [0.15, 0.2) is 36.7 Å². The van der Waals surface area contributed by atoms with Crippen LogP contribution in [0.3, 0.4) is 0 Å². The number of aliphatic hydroxyl groups excluding tert-OH is 1. The second kappa shape index (κ2) is 6.85. The van der Waals surface area contributed by atoms with Gasteiger partial charge in [0, 0.05) is 50.7 Å². The number of aryl methyl sites for hydroxylation is 1. The third kappa shape index (κ3) is 3.43. The summed E-state index contributed by atoms with van der Waals surface area (Å²) in [5.41, 5.74) is 3.44. The number of benzene rings is 1. The molecule has 1 fully saturated rings. The van der Waals surface area contributed by atoms with Gasteiger partial charge in [0.15, 0.2) is 0 Å². The molecule has 2 heterocycles. The summed E-state index contributed by atoms with van der Waals surface area (Å²) in [7, 11) is 0. The third-order valence-electron chi connectivity index (χ3n) is 4.09. The first kappa shape index (κ1) is 14.9. The van der Waals surface area contributed by atoms with Crippen LogP contribution in [0.5, 0.6) is 0 Å². The Balaban J connectivity index is 1.66. The van der Waals surface area contributed by atoms with E-state index in [-0.39, 0.29) is 6.61 Å². The third-order valence-corrected chi connectivity index (χ3v) is 4.09. The van der Waals surface area contributed by atoms with Gasteiger partial charge < -0.3 is 10.0 Å².